The Morgan fingerprint density at radius 2 is 1.95 bits per heavy atom. The fraction of sp³-hybridized carbons (Fsp3) is 0.600. The number of rotatable bonds is 3. The molecule has 2 fully saturated rings. The third-order valence-corrected chi connectivity index (χ3v) is 3.80. The van der Waals surface area contributed by atoms with Crippen molar-refractivity contribution in [3.63, 3.8) is 0 Å². The Labute approximate surface area is 114 Å². The predicted molar refractivity (Wildman–Crippen MR) is 74.1 cm³/mol. The second-order valence-electron chi connectivity index (χ2n) is 5.24. The van der Waals surface area contributed by atoms with E-state index in [-0.39, 0.29) is 12.2 Å². The van der Waals surface area contributed by atoms with Crippen LogP contribution in [-0.2, 0) is 16.0 Å². The highest BCUT2D eigenvalue weighted by molar-refractivity contribution is 5.14. The average molecular weight is 262 g/mol. The summed E-state index contributed by atoms with van der Waals surface area (Å²) in [5.74, 6) is 0. The molecule has 0 amide bonds. The largest absolute Gasteiger partial charge is 0.373 e. The molecule has 1 N–H and O–H groups in total. The van der Waals surface area contributed by atoms with Gasteiger partial charge in [0.2, 0.25) is 0 Å². The third kappa shape index (κ3) is 3.54. The molecule has 0 radical (unpaired) electrons. The van der Waals surface area contributed by atoms with Crippen molar-refractivity contribution in [1.82, 2.24) is 10.2 Å². The lowest BCUT2D eigenvalue weighted by atomic mass is 10.1. The topological polar surface area (TPSA) is 33.7 Å². The van der Waals surface area contributed by atoms with Crippen molar-refractivity contribution < 1.29 is 9.47 Å². The number of hydrogen-bond donors (Lipinski definition) is 1. The average Bonchev–Trinajstić information content (AvgIpc) is 2.49. The number of hydrogen-bond acceptors (Lipinski definition) is 4. The van der Waals surface area contributed by atoms with E-state index in [9.17, 15) is 0 Å². The summed E-state index contributed by atoms with van der Waals surface area (Å²) in [5.41, 5.74) is 1.37. The number of nitrogens with zero attached hydrogens (tertiary/aromatic N) is 1. The van der Waals surface area contributed by atoms with Gasteiger partial charge in [-0.05, 0) is 5.56 Å². The molecule has 0 aliphatic carbocycles. The lowest BCUT2D eigenvalue weighted by Crippen LogP contribution is -2.53. The highest BCUT2D eigenvalue weighted by Gasteiger charge is 2.29. The van der Waals surface area contributed by atoms with Crippen LogP contribution in [0, 0.1) is 0 Å². The van der Waals surface area contributed by atoms with Gasteiger partial charge in [-0.2, -0.15) is 0 Å². The molecule has 2 heterocycles. The third-order valence-electron chi connectivity index (χ3n) is 3.80. The van der Waals surface area contributed by atoms with Crippen LogP contribution in [0.2, 0.25) is 0 Å². The molecule has 1 aromatic carbocycles. The van der Waals surface area contributed by atoms with Crippen molar-refractivity contribution in [3.8, 4) is 0 Å². The van der Waals surface area contributed by atoms with Crippen LogP contribution in [0.25, 0.3) is 0 Å². The number of morpholine rings is 2. The molecule has 3 rings (SSSR count). The van der Waals surface area contributed by atoms with Gasteiger partial charge < -0.3 is 14.8 Å². The van der Waals surface area contributed by atoms with E-state index in [1.165, 1.54) is 5.56 Å². The van der Waals surface area contributed by atoms with Gasteiger partial charge in [0.1, 0.15) is 0 Å². The SMILES string of the molecule is c1ccc(CN2CCOC(C3CNCCO3)C2)cc1. The maximum Gasteiger partial charge on any atom is 0.0976 e. The summed E-state index contributed by atoms with van der Waals surface area (Å²) in [7, 11) is 0. The van der Waals surface area contributed by atoms with E-state index < -0.39 is 0 Å². The minimum Gasteiger partial charge on any atom is -0.373 e. The first-order chi connectivity index (χ1) is 9.42. The lowest BCUT2D eigenvalue weighted by molar-refractivity contribution is -0.120. The molecule has 4 nitrogen and oxygen atoms in total. The van der Waals surface area contributed by atoms with Gasteiger partial charge in [0.15, 0.2) is 0 Å². The zero-order valence-corrected chi connectivity index (χ0v) is 11.3. The van der Waals surface area contributed by atoms with Crippen molar-refractivity contribution in [2.75, 3.05) is 39.4 Å². The summed E-state index contributed by atoms with van der Waals surface area (Å²) in [4.78, 5) is 2.46. The van der Waals surface area contributed by atoms with Gasteiger partial charge in [0.25, 0.3) is 0 Å². The summed E-state index contributed by atoms with van der Waals surface area (Å²) >= 11 is 0. The Balaban J connectivity index is 1.55. The van der Waals surface area contributed by atoms with Crippen LogP contribution < -0.4 is 5.32 Å². The van der Waals surface area contributed by atoms with E-state index in [1.807, 2.05) is 0 Å². The highest BCUT2D eigenvalue weighted by atomic mass is 16.5. The molecule has 0 bridgehead atoms. The van der Waals surface area contributed by atoms with Crippen LogP contribution in [0.5, 0.6) is 0 Å². The number of ether oxygens (including phenoxy) is 2. The molecule has 2 atom stereocenters. The quantitative estimate of drug-likeness (QED) is 0.876. The van der Waals surface area contributed by atoms with E-state index in [0.29, 0.717) is 0 Å². The second-order valence-corrected chi connectivity index (χ2v) is 5.24. The van der Waals surface area contributed by atoms with Gasteiger partial charge in [0, 0.05) is 32.7 Å². The molecule has 1 aromatic rings. The zero-order chi connectivity index (χ0) is 12.9. The molecule has 2 aliphatic rings. The molecule has 2 saturated heterocycles. The molecular weight excluding hydrogens is 240 g/mol. The monoisotopic (exact) mass is 262 g/mol. The summed E-state index contributed by atoms with van der Waals surface area (Å²) in [6, 6.07) is 10.6. The smallest absolute Gasteiger partial charge is 0.0976 e. The molecule has 0 spiro atoms. The minimum atomic E-state index is 0.199. The standard InChI is InChI=1S/C15H22N2O2/c1-2-4-13(5-3-1)11-17-7-9-19-15(12-17)14-10-16-6-8-18-14/h1-5,14-16H,6-12H2. The first kappa shape index (κ1) is 13.1. The Morgan fingerprint density at radius 1 is 1.11 bits per heavy atom. The van der Waals surface area contributed by atoms with Gasteiger partial charge >= 0.3 is 0 Å². The molecule has 19 heavy (non-hydrogen) atoms. The normalized spacial score (nSPS) is 29.3. The summed E-state index contributed by atoms with van der Waals surface area (Å²) in [6.45, 7) is 6.43. The molecule has 4 heteroatoms. The van der Waals surface area contributed by atoms with Crippen molar-refractivity contribution in [1.29, 1.82) is 0 Å². The van der Waals surface area contributed by atoms with E-state index in [2.05, 4.69) is 40.5 Å². The van der Waals surface area contributed by atoms with E-state index >= 15 is 0 Å². The summed E-state index contributed by atoms with van der Waals surface area (Å²) in [6.07, 6.45) is 0.401. The number of benzene rings is 1. The van der Waals surface area contributed by atoms with Gasteiger partial charge in [0.05, 0.1) is 25.4 Å². The molecule has 2 unspecified atom stereocenters. The van der Waals surface area contributed by atoms with Crippen molar-refractivity contribution in [2.24, 2.45) is 0 Å². The molecule has 0 saturated carbocycles. The van der Waals surface area contributed by atoms with Gasteiger partial charge in [-0.1, -0.05) is 30.3 Å². The minimum absolute atomic E-state index is 0.199. The van der Waals surface area contributed by atoms with Gasteiger partial charge in [-0.25, -0.2) is 0 Å². The molecular formula is C15H22N2O2. The maximum absolute atomic E-state index is 5.88. The van der Waals surface area contributed by atoms with Crippen molar-refractivity contribution >= 4 is 0 Å². The van der Waals surface area contributed by atoms with E-state index in [0.717, 1.165) is 45.9 Å². The summed E-state index contributed by atoms with van der Waals surface area (Å²) in [5, 5.41) is 3.37. The Bertz CT molecular complexity index is 379. The van der Waals surface area contributed by atoms with Crippen LogP contribution in [0.1, 0.15) is 5.56 Å². The van der Waals surface area contributed by atoms with Crippen LogP contribution in [-0.4, -0.2) is 56.5 Å². The van der Waals surface area contributed by atoms with Crippen LogP contribution in [0.4, 0.5) is 0 Å². The van der Waals surface area contributed by atoms with Crippen LogP contribution in [0.15, 0.2) is 30.3 Å². The number of nitrogens with one attached hydrogen (secondary N) is 1. The highest BCUT2D eigenvalue weighted by Crippen LogP contribution is 2.15. The van der Waals surface area contributed by atoms with Crippen LogP contribution >= 0.6 is 0 Å². The fourth-order valence-electron chi connectivity index (χ4n) is 2.77. The predicted octanol–water partition coefficient (Wildman–Crippen LogP) is 0.876. The van der Waals surface area contributed by atoms with Crippen LogP contribution in [0.3, 0.4) is 0 Å². The Kier molecular flexibility index (Phi) is 4.45. The maximum atomic E-state index is 5.88. The molecule has 0 aromatic heterocycles. The lowest BCUT2D eigenvalue weighted by Gasteiger charge is -2.38. The van der Waals surface area contributed by atoms with Gasteiger partial charge in [-0.15, -0.1) is 0 Å². The Morgan fingerprint density at radius 3 is 2.74 bits per heavy atom. The van der Waals surface area contributed by atoms with E-state index in [4.69, 9.17) is 9.47 Å². The summed E-state index contributed by atoms with van der Waals surface area (Å²) < 4.78 is 11.7. The van der Waals surface area contributed by atoms with Gasteiger partial charge in [-0.3, -0.25) is 4.90 Å². The van der Waals surface area contributed by atoms with Crippen molar-refractivity contribution in [3.05, 3.63) is 35.9 Å². The first-order valence-electron chi connectivity index (χ1n) is 7.12. The molecule has 104 valence electrons. The molecule has 2 aliphatic heterocycles. The second kappa shape index (κ2) is 6.48. The zero-order valence-electron chi connectivity index (χ0n) is 11.3. The Hall–Kier alpha value is -0.940. The van der Waals surface area contributed by atoms with Crippen molar-refractivity contribution in [2.45, 2.75) is 18.8 Å². The first-order valence-corrected chi connectivity index (χ1v) is 7.12. The fourth-order valence-corrected chi connectivity index (χ4v) is 2.77. The van der Waals surface area contributed by atoms with E-state index in [1.54, 1.807) is 0 Å².